The number of rotatable bonds is 8. The molecule has 2 N–H and O–H groups in total. The largest absolute Gasteiger partial charge is 0.490 e. The molecule has 2 aromatic carbocycles. The van der Waals surface area contributed by atoms with Gasteiger partial charge in [-0.3, -0.25) is 9.59 Å². The predicted octanol–water partition coefficient (Wildman–Crippen LogP) is 4.48. The third-order valence-corrected chi connectivity index (χ3v) is 4.63. The van der Waals surface area contributed by atoms with Crippen molar-refractivity contribution in [3.8, 4) is 5.75 Å². The summed E-state index contributed by atoms with van der Waals surface area (Å²) in [5, 5.41) is 7.09. The molecule has 0 saturated carbocycles. The molecule has 0 saturated heterocycles. The number of ether oxygens (including phenoxy) is 1. The Bertz CT molecular complexity index is 998. The standard InChI is InChI=1S/C22H23ClN2O4/c1-3-28-18-6-4-5-16-13-19(29-21(16)18)14(2)25-20(26)11-12-24-22(27)15-7-9-17(23)10-8-15/h4-10,13-14H,3,11-12H2,1-2H3,(H,24,27)(H,25,26). The molecule has 1 heterocycles. The molecule has 3 aromatic rings. The van der Waals surface area contributed by atoms with Crippen molar-refractivity contribution in [1.82, 2.24) is 10.6 Å². The maximum atomic E-state index is 12.2. The van der Waals surface area contributed by atoms with Gasteiger partial charge in [0, 0.05) is 28.9 Å². The Kier molecular flexibility index (Phi) is 6.77. The van der Waals surface area contributed by atoms with Crippen LogP contribution in [0.15, 0.2) is 52.9 Å². The monoisotopic (exact) mass is 414 g/mol. The quantitative estimate of drug-likeness (QED) is 0.569. The zero-order chi connectivity index (χ0) is 20.8. The number of carbonyl (C=O) groups is 2. The van der Waals surface area contributed by atoms with Crippen LogP contribution in [0, 0.1) is 0 Å². The number of halogens is 1. The van der Waals surface area contributed by atoms with Gasteiger partial charge in [0.1, 0.15) is 5.76 Å². The van der Waals surface area contributed by atoms with Gasteiger partial charge in [0.2, 0.25) is 5.91 Å². The van der Waals surface area contributed by atoms with Gasteiger partial charge in [-0.15, -0.1) is 0 Å². The molecule has 0 bridgehead atoms. The molecule has 0 radical (unpaired) electrons. The average Bonchev–Trinajstić information content (AvgIpc) is 3.14. The van der Waals surface area contributed by atoms with Crippen LogP contribution in [-0.4, -0.2) is 25.0 Å². The first-order valence-electron chi connectivity index (χ1n) is 9.46. The first kappa shape index (κ1) is 20.7. The van der Waals surface area contributed by atoms with Crippen molar-refractivity contribution in [2.24, 2.45) is 0 Å². The van der Waals surface area contributed by atoms with Crippen LogP contribution in [0.1, 0.15) is 42.4 Å². The fourth-order valence-corrected chi connectivity index (χ4v) is 3.04. The van der Waals surface area contributed by atoms with E-state index in [1.54, 1.807) is 24.3 Å². The van der Waals surface area contributed by atoms with Crippen molar-refractivity contribution in [2.45, 2.75) is 26.3 Å². The molecule has 0 aliphatic heterocycles. The highest BCUT2D eigenvalue weighted by atomic mass is 35.5. The Morgan fingerprint density at radius 3 is 2.66 bits per heavy atom. The van der Waals surface area contributed by atoms with Crippen molar-refractivity contribution in [3.05, 3.63) is 64.9 Å². The lowest BCUT2D eigenvalue weighted by Gasteiger charge is -2.12. The number of hydrogen-bond donors (Lipinski definition) is 2. The van der Waals surface area contributed by atoms with E-state index in [-0.39, 0.29) is 30.8 Å². The zero-order valence-electron chi connectivity index (χ0n) is 16.3. The van der Waals surface area contributed by atoms with E-state index in [1.807, 2.05) is 38.1 Å². The molecular weight excluding hydrogens is 392 g/mol. The number of benzene rings is 2. The molecule has 0 spiro atoms. The van der Waals surface area contributed by atoms with Gasteiger partial charge in [-0.2, -0.15) is 0 Å². The van der Waals surface area contributed by atoms with Crippen LogP contribution in [-0.2, 0) is 4.79 Å². The first-order chi connectivity index (χ1) is 14.0. The fourth-order valence-electron chi connectivity index (χ4n) is 2.92. The Morgan fingerprint density at radius 1 is 1.17 bits per heavy atom. The Morgan fingerprint density at radius 2 is 1.93 bits per heavy atom. The molecular formula is C22H23ClN2O4. The van der Waals surface area contributed by atoms with Gasteiger partial charge in [-0.25, -0.2) is 0 Å². The molecule has 1 atom stereocenters. The Hall–Kier alpha value is -2.99. The molecule has 0 aliphatic carbocycles. The van der Waals surface area contributed by atoms with E-state index in [9.17, 15) is 9.59 Å². The summed E-state index contributed by atoms with van der Waals surface area (Å²) < 4.78 is 11.5. The molecule has 152 valence electrons. The number of para-hydroxylation sites is 1. The summed E-state index contributed by atoms with van der Waals surface area (Å²) in [7, 11) is 0. The summed E-state index contributed by atoms with van der Waals surface area (Å²) in [6.07, 6.45) is 0.161. The van der Waals surface area contributed by atoms with Gasteiger partial charge in [0.25, 0.3) is 5.91 Å². The third-order valence-electron chi connectivity index (χ3n) is 4.38. The Balaban J connectivity index is 1.52. The van der Waals surface area contributed by atoms with Crippen molar-refractivity contribution < 1.29 is 18.7 Å². The maximum Gasteiger partial charge on any atom is 0.251 e. The molecule has 6 nitrogen and oxygen atoms in total. The molecule has 1 aromatic heterocycles. The van der Waals surface area contributed by atoms with Gasteiger partial charge < -0.3 is 19.8 Å². The number of fused-ring (bicyclic) bond motifs is 1. The van der Waals surface area contributed by atoms with Crippen LogP contribution in [0.2, 0.25) is 5.02 Å². The Labute approximate surface area is 174 Å². The SMILES string of the molecule is CCOc1cccc2cc(C(C)NC(=O)CCNC(=O)c3ccc(Cl)cc3)oc12. The van der Waals surface area contributed by atoms with Gasteiger partial charge in [0.05, 0.1) is 12.6 Å². The summed E-state index contributed by atoms with van der Waals surface area (Å²) >= 11 is 5.81. The average molecular weight is 415 g/mol. The summed E-state index contributed by atoms with van der Waals surface area (Å²) in [6, 6.07) is 13.8. The van der Waals surface area contributed by atoms with Crippen molar-refractivity contribution in [2.75, 3.05) is 13.2 Å². The minimum Gasteiger partial charge on any atom is -0.490 e. The lowest BCUT2D eigenvalue weighted by atomic mass is 10.2. The van der Waals surface area contributed by atoms with Crippen LogP contribution >= 0.6 is 11.6 Å². The van der Waals surface area contributed by atoms with Crippen molar-refractivity contribution in [3.63, 3.8) is 0 Å². The summed E-state index contributed by atoms with van der Waals surface area (Å²) in [5.41, 5.74) is 1.16. The lowest BCUT2D eigenvalue weighted by molar-refractivity contribution is -0.121. The highest BCUT2D eigenvalue weighted by Crippen LogP contribution is 2.31. The molecule has 0 aliphatic rings. The summed E-state index contributed by atoms with van der Waals surface area (Å²) in [4.78, 5) is 24.3. The number of carbonyl (C=O) groups excluding carboxylic acids is 2. The van der Waals surface area contributed by atoms with E-state index in [2.05, 4.69) is 10.6 Å². The van der Waals surface area contributed by atoms with Crippen LogP contribution in [0.4, 0.5) is 0 Å². The van der Waals surface area contributed by atoms with Crippen molar-refractivity contribution >= 4 is 34.4 Å². The van der Waals surface area contributed by atoms with Crippen LogP contribution in [0.25, 0.3) is 11.0 Å². The maximum absolute atomic E-state index is 12.2. The topological polar surface area (TPSA) is 80.6 Å². The molecule has 1 unspecified atom stereocenters. The van der Waals surface area contributed by atoms with Crippen LogP contribution in [0.5, 0.6) is 5.75 Å². The van der Waals surface area contributed by atoms with E-state index < -0.39 is 0 Å². The summed E-state index contributed by atoms with van der Waals surface area (Å²) in [6.45, 7) is 4.54. The fraction of sp³-hybridized carbons (Fsp3) is 0.273. The van der Waals surface area contributed by atoms with Crippen LogP contribution < -0.4 is 15.4 Å². The van der Waals surface area contributed by atoms with E-state index in [1.165, 1.54) is 0 Å². The predicted molar refractivity (Wildman–Crippen MR) is 112 cm³/mol. The molecule has 29 heavy (non-hydrogen) atoms. The minimum absolute atomic E-state index is 0.161. The second-order valence-electron chi connectivity index (χ2n) is 6.56. The molecule has 2 amide bonds. The number of hydrogen-bond acceptors (Lipinski definition) is 4. The van der Waals surface area contributed by atoms with E-state index in [0.29, 0.717) is 34.3 Å². The zero-order valence-corrected chi connectivity index (χ0v) is 17.1. The van der Waals surface area contributed by atoms with E-state index in [0.717, 1.165) is 5.39 Å². The second-order valence-corrected chi connectivity index (χ2v) is 6.99. The number of furan rings is 1. The van der Waals surface area contributed by atoms with E-state index in [4.69, 9.17) is 20.8 Å². The molecule has 7 heteroatoms. The van der Waals surface area contributed by atoms with E-state index >= 15 is 0 Å². The highest BCUT2D eigenvalue weighted by molar-refractivity contribution is 6.30. The third kappa shape index (κ3) is 5.29. The lowest BCUT2D eigenvalue weighted by Crippen LogP contribution is -2.31. The highest BCUT2D eigenvalue weighted by Gasteiger charge is 2.16. The second kappa shape index (κ2) is 9.47. The molecule has 0 fully saturated rings. The minimum atomic E-state index is -0.309. The van der Waals surface area contributed by atoms with Crippen molar-refractivity contribution in [1.29, 1.82) is 0 Å². The normalized spacial score (nSPS) is 11.8. The summed E-state index contributed by atoms with van der Waals surface area (Å²) in [5.74, 6) is 0.896. The number of nitrogens with one attached hydrogen (secondary N) is 2. The van der Waals surface area contributed by atoms with Gasteiger partial charge in [0.15, 0.2) is 11.3 Å². The first-order valence-corrected chi connectivity index (χ1v) is 9.84. The van der Waals surface area contributed by atoms with Gasteiger partial charge in [-0.1, -0.05) is 23.7 Å². The van der Waals surface area contributed by atoms with Crippen LogP contribution in [0.3, 0.4) is 0 Å². The number of amides is 2. The smallest absolute Gasteiger partial charge is 0.251 e. The molecule has 3 rings (SSSR count). The van der Waals surface area contributed by atoms with Gasteiger partial charge in [-0.05, 0) is 50.2 Å². The van der Waals surface area contributed by atoms with Gasteiger partial charge >= 0.3 is 0 Å².